The second kappa shape index (κ2) is 5.49. The summed E-state index contributed by atoms with van der Waals surface area (Å²) in [6.45, 7) is 0. The van der Waals surface area contributed by atoms with Gasteiger partial charge in [0.15, 0.2) is 0 Å². The number of rotatable bonds is 2. The topological polar surface area (TPSA) is 155 Å². The van der Waals surface area contributed by atoms with Gasteiger partial charge in [0.25, 0.3) is 5.56 Å². The molecule has 2 aromatic rings. The molecular weight excluding hydrogens is 270 g/mol. The molecule has 1 heterocycles. The number of hydrogen-bond donors (Lipinski definition) is 2. The van der Waals surface area contributed by atoms with E-state index in [-0.39, 0.29) is 28.2 Å². The number of hydrogen-bond acceptors (Lipinski definition) is 5. The van der Waals surface area contributed by atoms with Gasteiger partial charge in [0, 0.05) is 16.2 Å². The molecule has 0 aliphatic heterocycles. The lowest BCUT2D eigenvalue weighted by Crippen LogP contribution is -2.16. The zero-order valence-electron chi connectivity index (χ0n) is 10.5. The Morgan fingerprint density at radius 2 is 1.90 bits per heavy atom. The van der Waals surface area contributed by atoms with E-state index >= 15 is 0 Å². The van der Waals surface area contributed by atoms with Crippen molar-refractivity contribution in [1.82, 2.24) is 4.98 Å². The van der Waals surface area contributed by atoms with Gasteiger partial charge in [-0.2, -0.15) is 10.5 Å². The van der Waals surface area contributed by atoms with Gasteiger partial charge in [0.1, 0.15) is 29.1 Å². The number of azide groups is 1. The van der Waals surface area contributed by atoms with Gasteiger partial charge in [-0.05, 0) is 11.1 Å². The molecule has 0 unspecified atom stereocenters. The van der Waals surface area contributed by atoms with Crippen molar-refractivity contribution in [3.63, 3.8) is 0 Å². The lowest BCUT2D eigenvalue weighted by molar-refractivity contribution is 1.21. The van der Waals surface area contributed by atoms with Crippen molar-refractivity contribution in [2.75, 3.05) is 5.73 Å². The number of benzene rings is 1. The van der Waals surface area contributed by atoms with Gasteiger partial charge in [-0.15, -0.1) is 0 Å². The highest BCUT2D eigenvalue weighted by atomic mass is 16.1. The number of nitrogen functional groups attached to an aromatic ring is 1. The maximum atomic E-state index is 11.8. The zero-order valence-corrected chi connectivity index (χ0v) is 10.5. The lowest BCUT2D eigenvalue weighted by atomic mass is 9.95. The van der Waals surface area contributed by atoms with Crippen LogP contribution < -0.4 is 11.3 Å². The summed E-state index contributed by atoms with van der Waals surface area (Å²) < 4.78 is 0. The fourth-order valence-electron chi connectivity index (χ4n) is 1.93. The normalized spacial score (nSPS) is 9.24. The van der Waals surface area contributed by atoms with Crippen molar-refractivity contribution in [3.05, 3.63) is 56.2 Å². The van der Waals surface area contributed by atoms with Crippen molar-refractivity contribution in [1.29, 1.82) is 10.5 Å². The molecule has 2 rings (SSSR count). The van der Waals surface area contributed by atoms with Crippen LogP contribution in [0.1, 0.15) is 11.1 Å². The largest absolute Gasteiger partial charge is 0.384 e. The number of anilines is 1. The van der Waals surface area contributed by atoms with Crippen LogP contribution in [0.4, 0.5) is 11.5 Å². The molecule has 0 atom stereocenters. The Hall–Kier alpha value is -3.74. The van der Waals surface area contributed by atoms with Crippen LogP contribution in [0.15, 0.2) is 34.2 Å². The summed E-state index contributed by atoms with van der Waals surface area (Å²) in [6, 6.07) is 9.91. The zero-order chi connectivity index (χ0) is 15.4. The molecule has 0 amide bonds. The highest BCUT2D eigenvalue weighted by molar-refractivity contribution is 5.86. The smallest absolute Gasteiger partial charge is 0.268 e. The molecule has 0 fully saturated rings. The highest BCUT2D eigenvalue weighted by Gasteiger charge is 2.19. The Morgan fingerprint density at radius 1 is 1.24 bits per heavy atom. The maximum absolute atomic E-state index is 11.8. The lowest BCUT2D eigenvalue weighted by Gasteiger charge is -2.10. The standard InChI is InChI=1S/C13H7N7O/c14-5-8-11(9(6-15)13(21)18-12(8)16)7-3-1-2-4-10(7)19-20-17/h1-4H,(H3,16,18,21). The summed E-state index contributed by atoms with van der Waals surface area (Å²) in [4.78, 5) is 16.8. The van der Waals surface area contributed by atoms with E-state index in [0.717, 1.165) is 0 Å². The van der Waals surface area contributed by atoms with Crippen LogP contribution in [-0.4, -0.2) is 4.98 Å². The van der Waals surface area contributed by atoms with Crippen molar-refractivity contribution in [2.24, 2.45) is 5.11 Å². The SMILES string of the molecule is N#Cc1c(N)[nH]c(=O)c(C#N)c1-c1ccccc1N=[N+]=[N-]. The molecule has 8 nitrogen and oxygen atoms in total. The van der Waals surface area contributed by atoms with E-state index in [9.17, 15) is 10.1 Å². The van der Waals surface area contributed by atoms with Gasteiger partial charge < -0.3 is 10.7 Å². The number of pyridine rings is 1. The van der Waals surface area contributed by atoms with Gasteiger partial charge in [-0.25, -0.2) is 0 Å². The summed E-state index contributed by atoms with van der Waals surface area (Å²) in [7, 11) is 0. The molecular formula is C13H7N7O. The number of nitrogens with one attached hydrogen (secondary N) is 1. The fourth-order valence-corrected chi connectivity index (χ4v) is 1.93. The maximum Gasteiger partial charge on any atom is 0.268 e. The van der Waals surface area contributed by atoms with E-state index in [0.29, 0.717) is 5.56 Å². The second-order valence-corrected chi connectivity index (χ2v) is 3.92. The number of nitriles is 2. The molecule has 0 radical (unpaired) electrons. The molecule has 1 aromatic carbocycles. The quantitative estimate of drug-likeness (QED) is 0.490. The molecule has 3 N–H and O–H groups in total. The molecule has 100 valence electrons. The van der Waals surface area contributed by atoms with Crippen LogP contribution >= 0.6 is 0 Å². The van der Waals surface area contributed by atoms with Gasteiger partial charge in [0.05, 0.1) is 0 Å². The first-order chi connectivity index (χ1) is 10.1. The van der Waals surface area contributed by atoms with E-state index in [4.69, 9.17) is 16.5 Å². The summed E-state index contributed by atoms with van der Waals surface area (Å²) in [5.74, 6) is -0.146. The first-order valence-corrected chi connectivity index (χ1v) is 5.64. The summed E-state index contributed by atoms with van der Waals surface area (Å²) >= 11 is 0. The first-order valence-electron chi connectivity index (χ1n) is 5.64. The van der Waals surface area contributed by atoms with Crippen LogP contribution in [0.2, 0.25) is 0 Å². The van der Waals surface area contributed by atoms with Crippen LogP contribution in [0, 0.1) is 22.7 Å². The average molecular weight is 277 g/mol. The van der Waals surface area contributed by atoms with Crippen LogP contribution in [-0.2, 0) is 0 Å². The first kappa shape index (κ1) is 13.7. The van der Waals surface area contributed by atoms with E-state index in [1.165, 1.54) is 6.07 Å². The highest BCUT2D eigenvalue weighted by Crippen LogP contribution is 2.35. The second-order valence-electron chi connectivity index (χ2n) is 3.92. The van der Waals surface area contributed by atoms with Gasteiger partial charge in [0.2, 0.25) is 0 Å². The van der Waals surface area contributed by atoms with E-state index < -0.39 is 5.56 Å². The minimum atomic E-state index is -0.709. The fraction of sp³-hybridized carbons (Fsp3) is 0. The third-order valence-corrected chi connectivity index (χ3v) is 2.79. The van der Waals surface area contributed by atoms with Gasteiger partial charge >= 0.3 is 0 Å². The Labute approximate surface area is 118 Å². The molecule has 0 saturated carbocycles. The van der Waals surface area contributed by atoms with Crippen LogP contribution in [0.3, 0.4) is 0 Å². The minimum Gasteiger partial charge on any atom is -0.384 e. The molecule has 0 aliphatic rings. The van der Waals surface area contributed by atoms with E-state index in [1.54, 1.807) is 24.3 Å². The van der Waals surface area contributed by atoms with Crippen molar-refractivity contribution < 1.29 is 0 Å². The van der Waals surface area contributed by atoms with Gasteiger partial charge in [-0.1, -0.05) is 29.4 Å². The number of nitrogens with two attached hydrogens (primary N) is 1. The van der Waals surface area contributed by atoms with Crippen molar-refractivity contribution in [2.45, 2.75) is 0 Å². The van der Waals surface area contributed by atoms with Crippen molar-refractivity contribution >= 4 is 11.5 Å². The molecule has 1 aromatic heterocycles. The number of aromatic nitrogens is 1. The monoisotopic (exact) mass is 277 g/mol. The average Bonchev–Trinajstić information content (AvgIpc) is 2.47. The molecule has 0 bridgehead atoms. The summed E-state index contributed by atoms with van der Waals surface area (Å²) in [6.07, 6.45) is 0. The Balaban J connectivity index is 3.01. The molecule has 8 heteroatoms. The van der Waals surface area contributed by atoms with E-state index in [2.05, 4.69) is 15.0 Å². The molecule has 0 spiro atoms. The van der Waals surface area contributed by atoms with Crippen LogP contribution in [0.5, 0.6) is 0 Å². The molecule has 21 heavy (non-hydrogen) atoms. The third kappa shape index (κ3) is 2.26. The Bertz CT molecular complexity index is 908. The van der Waals surface area contributed by atoms with E-state index in [1.807, 2.05) is 6.07 Å². The molecule has 0 aliphatic carbocycles. The summed E-state index contributed by atoms with van der Waals surface area (Å²) in [5.41, 5.74) is 13.7. The van der Waals surface area contributed by atoms with Crippen molar-refractivity contribution in [3.8, 4) is 23.3 Å². The Kier molecular flexibility index (Phi) is 3.58. The number of H-pyrrole nitrogens is 1. The Morgan fingerprint density at radius 3 is 2.52 bits per heavy atom. The number of aromatic amines is 1. The summed E-state index contributed by atoms with van der Waals surface area (Å²) in [5, 5.41) is 21.9. The van der Waals surface area contributed by atoms with Gasteiger partial charge in [-0.3, -0.25) is 4.79 Å². The third-order valence-electron chi connectivity index (χ3n) is 2.79. The van der Waals surface area contributed by atoms with Crippen LogP contribution in [0.25, 0.3) is 21.6 Å². The minimum absolute atomic E-state index is 0.0493. The predicted octanol–water partition coefficient (Wildman–Crippen LogP) is 2.31. The predicted molar refractivity (Wildman–Crippen MR) is 75.1 cm³/mol. The molecule has 0 saturated heterocycles. The number of nitrogens with zero attached hydrogens (tertiary/aromatic N) is 5.